The Balaban J connectivity index is 1.54. The highest BCUT2D eigenvalue weighted by atomic mass is 32.2. The smallest absolute Gasteiger partial charge is 0.325 e. The Kier molecular flexibility index (Phi) is 4.64. The maximum Gasteiger partial charge on any atom is 0.325 e. The minimum atomic E-state index is -0.987. The number of rotatable bonds is 5. The van der Waals surface area contributed by atoms with Gasteiger partial charge in [0.15, 0.2) is 0 Å². The molecule has 126 valence electrons. The van der Waals surface area contributed by atoms with Gasteiger partial charge in [-0.25, -0.2) is 4.79 Å². The lowest BCUT2D eigenvalue weighted by atomic mass is 9.99. The number of nitrogens with one attached hydrogen (secondary N) is 1. The fraction of sp³-hybridized carbons (Fsp3) is 0.438. The summed E-state index contributed by atoms with van der Waals surface area (Å²) >= 11 is 1.64. The van der Waals surface area contributed by atoms with Crippen LogP contribution < -0.4 is 10.1 Å². The van der Waals surface area contributed by atoms with E-state index in [4.69, 9.17) is 10.00 Å². The van der Waals surface area contributed by atoms with Crippen molar-refractivity contribution in [1.29, 1.82) is 5.26 Å². The van der Waals surface area contributed by atoms with Crippen molar-refractivity contribution in [3.05, 3.63) is 29.8 Å². The lowest BCUT2D eigenvalue weighted by Crippen LogP contribution is -2.47. The Morgan fingerprint density at radius 2 is 2.17 bits per heavy atom. The lowest BCUT2D eigenvalue weighted by Gasteiger charge is -2.21. The summed E-state index contributed by atoms with van der Waals surface area (Å²) in [6.07, 6.45) is -0.365. The standard InChI is InChI=1S/C16H17N3O4S/c17-7-11-1-3-13(4-2-11)23-9-12(20)8-19-14(21)16(18-15(19)22)5-6-24-10-16/h1-4,12,20H,5-6,8-10H2,(H,18,22). The monoisotopic (exact) mass is 347 g/mol. The number of nitrogens with zero attached hydrogens (tertiary/aromatic N) is 2. The highest BCUT2D eigenvalue weighted by Gasteiger charge is 2.53. The van der Waals surface area contributed by atoms with Crippen LogP contribution in [0.5, 0.6) is 5.75 Å². The van der Waals surface area contributed by atoms with Crippen LogP contribution in [0.3, 0.4) is 0 Å². The van der Waals surface area contributed by atoms with Gasteiger partial charge in [0.25, 0.3) is 5.91 Å². The number of ether oxygens (including phenoxy) is 1. The average molecular weight is 347 g/mol. The second-order valence-electron chi connectivity index (χ2n) is 5.83. The zero-order valence-electron chi connectivity index (χ0n) is 12.9. The van der Waals surface area contributed by atoms with Crippen LogP contribution in [0.25, 0.3) is 0 Å². The summed E-state index contributed by atoms with van der Waals surface area (Å²) in [5, 5.41) is 21.6. The number of thioether (sulfide) groups is 1. The van der Waals surface area contributed by atoms with Gasteiger partial charge in [0.2, 0.25) is 0 Å². The van der Waals surface area contributed by atoms with Gasteiger partial charge in [-0.2, -0.15) is 17.0 Å². The summed E-state index contributed by atoms with van der Waals surface area (Å²) in [5.74, 6) is 1.65. The summed E-state index contributed by atoms with van der Waals surface area (Å²) in [6, 6.07) is 8.03. The molecule has 2 aliphatic rings. The minimum Gasteiger partial charge on any atom is -0.491 e. The Morgan fingerprint density at radius 3 is 2.79 bits per heavy atom. The number of amides is 3. The van der Waals surface area contributed by atoms with Crippen LogP contribution in [-0.2, 0) is 4.79 Å². The number of β-amino-alcohol motifs (C(OH)–C–C–N with tert-alkyl or cyclic N) is 1. The number of urea groups is 1. The zero-order chi connectivity index (χ0) is 17.2. The van der Waals surface area contributed by atoms with Crippen LogP contribution in [0.15, 0.2) is 24.3 Å². The lowest BCUT2D eigenvalue weighted by molar-refractivity contribution is -0.131. The number of nitriles is 1. The normalized spacial score (nSPS) is 24.1. The van der Waals surface area contributed by atoms with E-state index in [1.165, 1.54) is 0 Å². The summed E-state index contributed by atoms with van der Waals surface area (Å²) in [5.41, 5.74) is -0.280. The molecule has 2 atom stereocenters. The molecular weight excluding hydrogens is 330 g/mol. The first-order valence-electron chi connectivity index (χ1n) is 7.57. The number of imide groups is 1. The number of carbonyl (C=O) groups is 2. The highest BCUT2D eigenvalue weighted by molar-refractivity contribution is 7.99. The third kappa shape index (κ3) is 3.18. The van der Waals surface area contributed by atoms with Crippen LogP contribution in [0, 0.1) is 11.3 Å². The summed E-state index contributed by atoms with van der Waals surface area (Å²) in [4.78, 5) is 25.6. The van der Waals surface area contributed by atoms with Crippen molar-refractivity contribution in [1.82, 2.24) is 10.2 Å². The first-order chi connectivity index (χ1) is 11.5. The molecule has 0 aromatic heterocycles. The Labute approximate surface area is 143 Å². The molecule has 2 heterocycles. The van der Waals surface area contributed by atoms with Gasteiger partial charge in [-0.3, -0.25) is 9.69 Å². The first kappa shape index (κ1) is 16.6. The van der Waals surface area contributed by atoms with Crippen LogP contribution in [0.2, 0.25) is 0 Å². The SMILES string of the molecule is N#Cc1ccc(OCC(O)CN2C(=O)NC3(CCSC3)C2=O)cc1. The molecule has 0 radical (unpaired) electrons. The quantitative estimate of drug-likeness (QED) is 0.761. The van der Waals surface area contributed by atoms with E-state index in [0.717, 1.165) is 10.7 Å². The number of hydrogen-bond donors (Lipinski definition) is 2. The summed E-state index contributed by atoms with van der Waals surface area (Å²) in [6.45, 7) is -0.155. The van der Waals surface area contributed by atoms with E-state index < -0.39 is 17.7 Å². The average Bonchev–Trinajstić information content (AvgIpc) is 3.14. The van der Waals surface area contributed by atoms with Crippen LogP contribution in [-0.4, -0.2) is 58.2 Å². The molecule has 3 amide bonds. The minimum absolute atomic E-state index is 0.0509. The molecule has 2 saturated heterocycles. The Hall–Kier alpha value is -2.24. The van der Waals surface area contributed by atoms with Crippen molar-refractivity contribution in [2.75, 3.05) is 24.7 Å². The maximum atomic E-state index is 12.5. The largest absolute Gasteiger partial charge is 0.491 e. The van der Waals surface area contributed by atoms with Gasteiger partial charge < -0.3 is 15.2 Å². The van der Waals surface area contributed by atoms with Crippen molar-refractivity contribution in [2.45, 2.75) is 18.1 Å². The molecule has 24 heavy (non-hydrogen) atoms. The second-order valence-corrected chi connectivity index (χ2v) is 6.94. The third-order valence-electron chi connectivity index (χ3n) is 4.09. The molecule has 0 saturated carbocycles. The van der Waals surface area contributed by atoms with E-state index in [1.54, 1.807) is 36.0 Å². The Morgan fingerprint density at radius 1 is 1.42 bits per heavy atom. The maximum absolute atomic E-state index is 12.5. The van der Waals surface area contributed by atoms with Crippen LogP contribution in [0.1, 0.15) is 12.0 Å². The van der Waals surface area contributed by atoms with E-state index in [2.05, 4.69) is 5.32 Å². The molecule has 2 N–H and O–H groups in total. The van der Waals surface area contributed by atoms with Crippen molar-refractivity contribution < 1.29 is 19.4 Å². The van der Waals surface area contributed by atoms with Gasteiger partial charge in [-0.05, 0) is 36.4 Å². The van der Waals surface area contributed by atoms with Gasteiger partial charge in [0.1, 0.15) is 24.0 Å². The zero-order valence-corrected chi connectivity index (χ0v) is 13.7. The van der Waals surface area contributed by atoms with Gasteiger partial charge in [0, 0.05) is 5.75 Å². The van der Waals surface area contributed by atoms with Gasteiger partial charge in [-0.1, -0.05) is 0 Å². The molecule has 2 aliphatic heterocycles. The molecule has 0 aliphatic carbocycles. The van der Waals surface area contributed by atoms with E-state index in [-0.39, 0.29) is 19.1 Å². The van der Waals surface area contributed by atoms with Crippen molar-refractivity contribution >= 4 is 23.7 Å². The molecule has 1 spiro atoms. The Bertz CT molecular complexity index is 680. The van der Waals surface area contributed by atoms with E-state index >= 15 is 0 Å². The summed E-state index contributed by atoms with van der Waals surface area (Å²) < 4.78 is 5.43. The molecule has 1 aromatic carbocycles. The number of aliphatic hydroxyl groups excluding tert-OH is 1. The number of benzene rings is 1. The number of carbonyl (C=O) groups excluding carboxylic acids is 2. The van der Waals surface area contributed by atoms with Gasteiger partial charge >= 0.3 is 6.03 Å². The predicted molar refractivity (Wildman–Crippen MR) is 87.6 cm³/mol. The van der Waals surface area contributed by atoms with Crippen molar-refractivity contribution in [2.24, 2.45) is 0 Å². The molecule has 8 heteroatoms. The van der Waals surface area contributed by atoms with Gasteiger partial charge in [0.05, 0.1) is 18.2 Å². The fourth-order valence-corrected chi connectivity index (χ4v) is 4.08. The molecular formula is C16H17N3O4S. The summed E-state index contributed by atoms with van der Waals surface area (Å²) in [7, 11) is 0. The molecule has 2 fully saturated rings. The van der Waals surface area contributed by atoms with Crippen LogP contribution in [0.4, 0.5) is 4.79 Å². The van der Waals surface area contributed by atoms with Crippen molar-refractivity contribution in [3.63, 3.8) is 0 Å². The molecule has 3 rings (SSSR count). The van der Waals surface area contributed by atoms with Gasteiger partial charge in [-0.15, -0.1) is 0 Å². The molecule has 1 aromatic rings. The highest BCUT2D eigenvalue weighted by Crippen LogP contribution is 2.33. The first-order valence-corrected chi connectivity index (χ1v) is 8.72. The topological polar surface area (TPSA) is 103 Å². The number of aliphatic hydroxyl groups is 1. The molecule has 7 nitrogen and oxygen atoms in total. The second kappa shape index (κ2) is 6.71. The van der Waals surface area contributed by atoms with Crippen molar-refractivity contribution in [3.8, 4) is 11.8 Å². The fourth-order valence-electron chi connectivity index (χ4n) is 2.76. The van der Waals surface area contributed by atoms with E-state index in [9.17, 15) is 14.7 Å². The van der Waals surface area contributed by atoms with E-state index in [1.807, 2.05) is 6.07 Å². The number of hydrogen-bond acceptors (Lipinski definition) is 6. The van der Waals surface area contributed by atoms with Crippen LogP contribution >= 0.6 is 11.8 Å². The molecule has 2 unspecified atom stereocenters. The predicted octanol–water partition coefficient (Wildman–Crippen LogP) is 0.725. The molecule has 0 bridgehead atoms. The van der Waals surface area contributed by atoms with E-state index in [0.29, 0.717) is 23.5 Å². The third-order valence-corrected chi connectivity index (χ3v) is 5.28.